The molecule has 6 nitrogen and oxygen atoms in total. The van der Waals surface area contributed by atoms with Crippen molar-refractivity contribution in [3.8, 4) is 0 Å². The van der Waals surface area contributed by atoms with Crippen LogP contribution in [0.5, 0.6) is 0 Å². The first kappa shape index (κ1) is 11.0. The van der Waals surface area contributed by atoms with Crippen molar-refractivity contribution in [1.29, 1.82) is 0 Å². The van der Waals surface area contributed by atoms with Crippen molar-refractivity contribution < 1.29 is 23.1 Å². The van der Waals surface area contributed by atoms with Gasteiger partial charge in [-0.3, -0.25) is 9.59 Å². The smallest absolute Gasteiger partial charge is 0.318 e. The van der Waals surface area contributed by atoms with E-state index < -0.39 is 33.2 Å². The van der Waals surface area contributed by atoms with Crippen molar-refractivity contribution >= 4 is 21.7 Å². The van der Waals surface area contributed by atoms with Crippen LogP contribution in [0.15, 0.2) is 0 Å². The van der Waals surface area contributed by atoms with E-state index >= 15 is 0 Å². The Labute approximate surface area is 81.2 Å². The highest BCUT2D eigenvalue weighted by Gasteiger charge is 2.26. The number of carboxylic acid groups (broad SMARTS) is 1. The minimum atomic E-state index is -3.81. The molecule has 0 heterocycles. The second kappa shape index (κ2) is 3.95. The van der Waals surface area contributed by atoms with Gasteiger partial charge in [0.1, 0.15) is 11.5 Å². The molecular formula is C7H11NO5S. The van der Waals surface area contributed by atoms with Gasteiger partial charge < -0.3 is 10.4 Å². The van der Waals surface area contributed by atoms with Crippen LogP contribution < -0.4 is 5.32 Å². The van der Waals surface area contributed by atoms with E-state index in [-0.39, 0.29) is 6.04 Å². The zero-order valence-corrected chi connectivity index (χ0v) is 8.21. The van der Waals surface area contributed by atoms with Crippen LogP contribution in [-0.4, -0.2) is 42.9 Å². The fourth-order valence-electron chi connectivity index (χ4n) is 0.936. The van der Waals surface area contributed by atoms with Gasteiger partial charge >= 0.3 is 5.97 Å². The van der Waals surface area contributed by atoms with Gasteiger partial charge in [0, 0.05) is 6.04 Å². The molecule has 1 aliphatic carbocycles. The second-order valence-corrected chi connectivity index (χ2v) is 5.33. The van der Waals surface area contributed by atoms with Gasteiger partial charge in [-0.25, -0.2) is 8.42 Å². The van der Waals surface area contributed by atoms with Crippen molar-refractivity contribution in [2.75, 3.05) is 11.5 Å². The number of hydrogen-bond acceptors (Lipinski definition) is 4. The molecule has 0 radical (unpaired) electrons. The molecule has 1 amide bonds. The Kier molecular flexibility index (Phi) is 3.10. The molecule has 80 valence electrons. The van der Waals surface area contributed by atoms with Gasteiger partial charge in [0.25, 0.3) is 0 Å². The standard InChI is InChI=1S/C7H11NO5S/c9-6(8-5-1-2-5)3-14(12,13)4-7(10)11/h5H,1-4H2,(H,8,9)(H,10,11). The molecule has 0 aromatic carbocycles. The summed E-state index contributed by atoms with van der Waals surface area (Å²) < 4.78 is 22.0. The summed E-state index contributed by atoms with van der Waals surface area (Å²) >= 11 is 0. The normalized spacial score (nSPS) is 16.3. The first-order valence-electron chi connectivity index (χ1n) is 4.10. The van der Waals surface area contributed by atoms with Gasteiger partial charge in [-0.15, -0.1) is 0 Å². The number of nitrogens with one attached hydrogen (secondary N) is 1. The zero-order valence-electron chi connectivity index (χ0n) is 7.39. The SMILES string of the molecule is O=C(O)CS(=O)(=O)CC(=O)NC1CC1. The summed E-state index contributed by atoms with van der Waals surface area (Å²) in [6, 6.07) is 0.0857. The molecule has 1 rings (SSSR count). The van der Waals surface area contributed by atoms with Crippen molar-refractivity contribution in [3.63, 3.8) is 0 Å². The highest BCUT2D eigenvalue weighted by atomic mass is 32.2. The number of carboxylic acids is 1. The summed E-state index contributed by atoms with van der Waals surface area (Å²) in [5.74, 6) is -3.79. The number of carbonyl (C=O) groups excluding carboxylic acids is 1. The van der Waals surface area contributed by atoms with Crippen LogP contribution in [0.2, 0.25) is 0 Å². The van der Waals surface area contributed by atoms with Crippen LogP contribution in [0.1, 0.15) is 12.8 Å². The lowest BCUT2D eigenvalue weighted by Crippen LogP contribution is -2.33. The third-order valence-electron chi connectivity index (χ3n) is 1.64. The molecule has 0 saturated heterocycles. The molecule has 0 aliphatic heterocycles. The minimum absolute atomic E-state index is 0.0857. The summed E-state index contributed by atoms with van der Waals surface area (Å²) in [6.45, 7) is 0. The Morgan fingerprint density at radius 3 is 2.29 bits per heavy atom. The predicted octanol–water partition coefficient (Wildman–Crippen LogP) is -1.24. The van der Waals surface area contributed by atoms with E-state index in [0.717, 1.165) is 12.8 Å². The Balaban J connectivity index is 2.40. The van der Waals surface area contributed by atoms with Crippen LogP contribution in [0, 0.1) is 0 Å². The van der Waals surface area contributed by atoms with Crippen LogP contribution in [0.25, 0.3) is 0 Å². The van der Waals surface area contributed by atoms with Crippen LogP contribution in [-0.2, 0) is 19.4 Å². The molecule has 14 heavy (non-hydrogen) atoms. The fourth-order valence-corrected chi connectivity index (χ4v) is 1.90. The molecule has 0 atom stereocenters. The molecule has 7 heteroatoms. The Morgan fingerprint density at radius 2 is 1.86 bits per heavy atom. The van der Waals surface area contributed by atoms with Crippen molar-refractivity contribution in [2.45, 2.75) is 18.9 Å². The maximum atomic E-state index is 11.0. The molecule has 0 unspecified atom stereocenters. The topological polar surface area (TPSA) is 101 Å². The molecule has 1 fully saturated rings. The number of amides is 1. The maximum Gasteiger partial charge on any atom is 0.318 e. The van der Waals surface area contributed by atoms with Crippen molar-refractivity contribution in [1.82, 2.24) is 5.32 Å². The number of sulfone groups is 1. The first-order valence-corrected chi connectivity index (χ1v) is 5.93. The van der Waals surface area contributed by atoms with Gasteiger partial charge in [-0.05, 0) is 12.8 Å². The Morgan fingerprint density at radius 1 is 1.29 bits per heavy atom. The summed E-state index contributed by atoms with van der Waals surface area (Å²) in [5.41, 5.74) is 0. The molecule has 1 aliphatic rings. The second-order valence-electron chi connectivity index (χ2n) is 3.27. The molecule has 1 saturated carbocycles. The quantitative estimate of drug-likeness (QED) is 0.605. The van der Waals surface area contributed by atoms with Crippen LogP contribution >= 0.6 is 0 Å². The van der Waals surface area contributed by atoms with Crippen LogP contribution in [0.3, 0.4) is 0 Å². The van der Waals surface area contributed by atoms with Gasteiger partial charge in [-0.2, -0.15) is 0 Å². The Hall–Kier alpha value is -1.11. The number of carbonyl (C=O) groups is 2. The van der Waals surface area contributed by atoms with Gasteiger partial charge in [-0.1, -0.05) is 0 Å². The average molecular weight is 221 g/mol. The van der Waals surface area contributed by atoms with E-state index in [0.29, 0.717) is 0 Å². The summed E-state index contributed by atoms with van der Waals surface area (Å²) in [4.78, 5) is 21.1. The highest BCUT2D eigenvalue weighted by molar-refractivity contribution is 7.92. The Bertz CT molecular complexity index is 343. The van der Waals surface area contributed by atoms with E-state index in [2.05, 4.69) is 5.32 Å². The molecular weight excluding hydrogens is 210 g/mol. The number of aliphatic carboxylic acids is 1. The molecule has 0 spiro atoms. The summed E-state index contributed by atoms with van der Waals surface area (Å²) in [7, 11) is -3.81. The maximum absolute atomic E-state index is 11.0. The number of hydrogen-bond donors (Lipinski definition) is 2. The van der Waals surface area contributed by atoms with Gasteiger partial charge in [0.05, 0.1) is 0 Å². The first-order chi connectivity index (χ1) is 6.39. The van der Waals surface area contributed by atoms with Crippen molar-refractivity contribution in [3.05, 3.63) is 0 Å². The molecule has 0 aromatic rings. The lowest BCUT2D eigenvalue weighted by atomic mass is 10.6. The van der Waals surface area contributed by atoms with Crippen LogP contribution in [0.4, 0.5) is 0 Å². The van der Waals surface area contributed by atoms with E-state index in [9.17, 15) is 18.0 Å². The monoisotopic (exact) mass is 221 g/mol. The van der Waals surface area contributed by atoms with Gasteiger partial charge in [0.15, 0.2) is 9.84 Å². The van der Waals surface area contributed by atoms with E-state index in [1.807, 2.05) is 0 Å². The van der Waals surface area contributed by atoms with E-state index in [1.165, 1.54) is 0 Å². The molecule has 0 aromatic heterocycles. The summed E-state index contributed by atoms with van der Waals surface area (Å²) in [6.07, 6.45) is 1.73. The summed E-state index contributed by atoms with van der Waals surface area (Å²) in [5, 5.41) is 10.7. The molecule has 2 N–H and O–H groups in total. The van der Waals surface area contributed by atoms with E-state index in [4.69, 9.17) is 5.11 Å². The fraction of sp³-hybridized carbons (Fsp3) is 0.714. The molecule has 0 bridgehead atoms. The zero-order chi connectivity index (χ0) is 10.8. The lowest BCUT2D eigenvalue weighted by molar-refractivity contribution is -0.134. The van der Waals surface area contributed by atoms with Crippen molar-refractivity contribution in [2.24, 2.45) is 0 Å². The third-order valence-corrected chi connectivity index (χ3v) is 3.03. The highest BCUT2D eigenvalue weighted by Crippen LogP contribution is 2.18. The predicted molar refractivity (Wildman–Crippen MR) is 47.5 cm³/mol. The largest absolute Gasteiger partial charge is 0.480 e. The van der Waals surface area contributed by atoms with E-state index in [1.54, 1.807) is 0 Å². The van der Waals surface area contributed by atoms with Gasteiger partial charge in [0.2, 0.25) is 5.91 Å². The number of rotatable bonds is 5. The third kappa shape index (κ3) is 4.22. The minimum Gasteiger partial charge on any atom is -0.480 e. The average Bonchev–Trinajstić information content (AvgIpc) is 2.64. The lowest BCUT2D eigenvalue weighted by Gasteiger charge is -2.02.